The fourth-order valence-corrected chi connectivity index (χ4v) is 7.51. The number of carbonyl (C=O) groups is 1. The van der Waals surface area contributed by atoms with Crippen molar-refractivity contribution < 1.29 is 31.5 Å². The second-order valence-corrected chi connectivity index (χ2v) is 11.4. The summed E-state index contributed by atoms with van der Waals surface area (Å²) in [5.74, 6) is -3.13. The van der Waals surface area contributed by atoms with E-state index in [2.05, 4.69) is 0 Å². The van der Waals surface area contributed by atoms with Crippen molar-refractivity contribution in [1.82, 2.24) is 4.31 Å². The van der Waals surface area contributed by atoms with Crippen LogP contribution in [0.4, 0.5) is 13.2 Å². The van der Waals surface area contributed by atoms with Crippen LogP contribution in [0.15, 0.2) is 71.6 Å². The zero-order chi connectivity index (χ0) is 25.9. The van der Waals surface area contributed by atoms with Gasteiger partial charge in [0, 0.05) is 36.5 Å². The number of hydrogen-bond donors (Lipinski definition) is 1. The average molecular weight is 536 g/mol. The number of carbonyl (C=O) groups excluding carboxylic acids is 1. The summed E-state index contributed by atoms with van der Waals surface area (Å²) in [5.41, 5.74) is 0.553. The van der Waals surface area contributed by atoms with Gasteiger partial charge in [-0.2, -0.15) is 4.31 Å². The van der Waals surface area contributed by atoms with E-state index in [4.69, 9.17) is 0 Å². The SMILES string of the molecule is O=C(C[C@@H](CCO)c1c(F)cccc1F)[C@@H]1SCCN1S(=O)(=O)c1ccc(-c2ccccc2F)cc1. The van der Waals surface area contributed by atoms with Crippen LogP contribution in [0.5, 0.6) is 0 Å². The van der Waals surface area contributed by atoms with Crippen molar-refractivity contribution in [3.8, 4) is 11.1 Å². The molecule has 190 valence electrons. The number of sulfonamides is 1. The highest BCUT2D eigenvalue weighted by Gasteiger charge is 2.41. The van der Waals surface area contributed by atoms with E-state index in [-0.39, 0.29) is 36.5 Å². The highest BCUT2D eigenvalue weighted by Crippen LogP contribution is 2.36. The lowest BCUT2D eigenvalue weighted by atomic mass is 9.90. The lowest BCUT2D eigenvalue weighted by molar-refractivity contribution is -0.120. The Hall–Kier alpha value is -2.66. The number of aliphatic hydroxyl groups excluding tert-OH is 1. The van der Waals surface area contributed by atoms with E-state index in [0.29, 0.717) is 16.9 Å². The van der Waals surface area contributed by atoms with Gasteiger partial charge in [-0.25, -0.2) is 21.6 Å². The minimum Gasteiger partial charge on any atom is -0.396 e. The topological polar surface area (TPSA) is 74.7 Å². The summed E-state index contributed by atoms with van der Waals surface area (Å²) in [4.78, 5) is 13.1. The molecule has 0 aromatic heterocycles. The Kier molecular flexibility index (Phi) is 8.19. The summed E-state index contributed by atoms with van der Waals surface area (Å²) < 4.78 is 70.6. The van der Waals surface area contributed by atoms with Crippen LogP contribution in [0.25, 0.3) is 11.1 Å². The fraction of sp³-hybridized carbons (Fsp3) is 0.269. The molecule has 2 atom stereocenters. The standard InChI is InChI=1S/C26H24F3NO4S2/c27-21-5-2-1-4-20(21)17-8-10-19(11-9-17)36(33,34)30-13-15-35-26(30)24(32)16-18(12-14-31)25-22(28)6-3-7-23(25)29/h1-11,18,26,31H,12-16H2/t18-,26+/m1/s1. The van der Waals surface area contributed by atoms with Crippen LogP contribution in [0.3, 0.4) is 0 Å². The summed E-state index contributed by atoms with van der Waals surface area (Å²) in [6.07, 6.45) is -0.375. The van der Waals surface area contributed by atoms with E-state index in [9.17, 15) is 31.5 Å². The molecule has 3 aromatic carbocycles. The maximum Gasteiger partial charge on any atom is 0.244 e. The largest absolute Gasteiger partial charge is 0.396 e. The second kappa shape index (κ2) is 11.2. The number of rotatable bonds is 9. The summed E-state index contributed by atoms with van der Waals surface area (Å²) in [6.45, 7) is -0.295. The third-order valence-electron chi connectivity index (χ3n) is 6.10. The first-order valence-corrected chi connectivity index (χ1v) is 13.8. The van der Waals surface area contributed by atoms with Crippen LogP contribution in [0, 0.1) is 17.5 Å². The predicted molar refractivity (Wildman–Crippen MR) is 132 cm³/mol. The van der Waals surface area contributed by atoms with E-state index in [1.807, 2.05) is 0 Å². The molecule has 10 heteroatoms. The smallest absolute Gasteiger partial charge is 0.244 e. The molecule has 0 unspecified atom stereocenters. The number of ketones is 1. The number of thioether (sulfide) groups is 1. The number of Topliss-reactive ketones (excluding diaryl/α,β-unsaturated/α-hetero) is 1. The third-order valence-corrected chi connectivity index (χ3v) is 9.37. The van der Waals surface area contributed by atoms with Crippen LogP contribution < -0.4 is 0 Å². The number of aliphatic hydroxyl groups is 1. The van der Waals surface area contributed by atoms with Crippen molar-refractivity contribution >= 4 is 27.6 Å². The van der Waals surface area contributed by atoms with Crippen LogP contribution in [-0.4, -0.2) is 47.9 Å². The number of halogens is 3. The zero-order valence-electron chi connectivity index (χ0n) is 19.1. The van der Waals surface area contributed by atoms with Crippen LogP contribution >= 0.6 is 11.8 Å². The van der Waals surface area contributed by atoms with E-state index >= 15 is 0 Å². The van der Waals surface area contributed by atoms with Crippen molar-refractivity contribution in [3.63, 3.8) is 0 Å². The van der Waals surface area contributed by atoms with Gasteiger partial charge in [0.05, 0.1) is 4.90 Å². The molecule has 0 aliphatic carbocycles. The molecule has 0 saturated carbocycles. The third kappa shape index (κ3) is 5.36. The van der Waals surface area contributed by atoms with Crippen molar-refractivity contribution in [1.29, 1.82) is 0 Å². The lowest BCUT2D eigenvalue weighted by Crippen LogP contribution is -2.40. The number of hydrogen-bond acceptors (Lipinski definition) is 5. The molecule has 3 aromatic rings. The predicted octanol–water partition coefficient (Wildman–Crippen LogP) is 4.96. The summed E-state index contributed by atoms with van der Waals surface area (Å²) in [5, 5.41) is 8.36. The molecular weight excluding hydrogens is 511 g/mol. The molecule has 5 nitrogen and oxygen atoms in total. The van der Waals surface area contributed by atoms with Gasteiger partial charge in [0.25, 0.3) is 0 Å². The van der Waals surface area contributed by atoms with Gasteiger partial charge < -0.3 is 5.11 Å². The van der Waals surface area contributed by atoms with E-state index < -0.39 is 44.5 Å². The van der Waals surface area contributed by atoms with Gasteiger partial charge in [0.2, 0.25) is 10.0 Å². The first-order chi connectivity index (χ1) is 17.2. The minimum atomic E-state index is -4.07. The quantitative estimate of drug-likeness (QED) is 0.419. The molecule has 1 N–H and O–H groups in total. The molecule has 1 saturated heterocycles. The summed E-state index contributed by atoms with van der Waals surface area (Å²) in [7, 11) is -4.07. The van der Waals surface area contributed by atoms with Gasteiger partial charge in [-0.05, 0) is 48.2 Å². The van der Waals surface area contributed by atoms with E-state index in [1.165, 1.54) is 36.4 Å². The molecule has 0 spiro atoms. The van der Waals surface area contributed by atoms with Crippen LogP contribution in [-0.2, 0) is 14.8 Å². The zero-order valence-corrected chi connectivity index (χ0v) is 20.7. The molecule has 0 amide bonds. The maximum absolute atomic E-state index is 14.4. The summed E-state index contributed by atoms with van der Waals surface area (Å²) >= 11 is 1.14. The van der Waals surface area contributed by atoms with Gasteiger partial charge in [-0.3, -0.25) is 4.79 Å². The lowest BCUT2D eigenvalue weighted by Gasteiger charge is -2.24. The Bertz CT molecular complexity index is 1330. The molecule has 4 rings (SSSR count). The highest BCUT2D eigenvalue weighted by molar-refractivity contribution is 8.02. The summed E-state index contributed by atoms with van der Waals surface area (Å²) in [6, 6.07) is 15.3. The van der Waals surface area contributed by atoms with Gasteiger partial charge >= 0.3 is 0 Å². The first kappa shape index (κ1) is 26.4. The van der Waals surface area contributed by atoms with Crippen LogP contribution in [0.2, 0.25) is 0 Å². The van der Waals surface area contributed by atoms with Gasteiger partial charge in [-0.1, -0.05) is 36.4 Å². The Morgan fingerprint density at radius 3 is 2.25 bits per heavy atom. The van der Waals surface area contributed by atoms with Gasteiger partial charge in [0.1, 0.15) is 22.8 Å². The molecule has 1 aliphatic rings. The monoisotopic (exact) mass is 535 g/mol. The van der Waals surface area contributed by atoms with E-state index in [1.54, 1.807) is 18.2 Å². The Morgan fingerprint density at radius 1 is 0.972 bits per heavy atom. The molecule has 0 radical (unpaired) electrons. The molecule has 1 heterocycles. The number of benzene rings is 3. The molecular formula is C26H24F3NO4S2. The molecule has 36 heavy (non-hydrogen) atoms. The minimum absolute atomic E-state index is 0.0463. The first-order valence-electron chi connectivity index (χ1n) is 11.3. The average Bonchev–Trinajstić information content (AvgIpc) is 3.36. The Balaban J connectivity index is 1.56. The fourth-order valence-electron chi connectivity index (χ4n) is 4.34. The van der Waals surface area contributed by atoms with Crippen molar-refractivity contribution in [2.75, 3.05) is 18.9 Å². The highest BCUT2D eigenvalue weighted by atomic mass is 32.2. The second-order valence-electron chi connectivity index (χ2n) is 8.36. The van der Waals surface area contributed by atoms with Crippen molar-refractivity contribution in [2.24, 2.45) is 0 Å². The van der Waals surface area contributed by atoms with Gasteiger partial charge in [-0.15, -0.1) is 11.8 Å². The van der Waals surface area contributed by atoms with Gasteiger partial charge in [0.15, 0.2) is 5.78 Å². The number of nitrogens with zero attached hydrogens (tertiary/aromatic N) is 1. The molecule has 0 bridgehead atoms. The van der Waals surface area contributed by atoms with Crippen LogP contribution in [0.1, 0.15) is 24.3 Å². The Labute approximate surface area is 212 Å². The molecule has 1 fully saturated rings. The van der Waals surface area contributed by atoms with Crippen molar-refractivity contribution in [2.45, 2.75) is 29.0 Å². The molecule has 1 aliphatic heterocycles. The van der Waals surface area contributed by atoms with Crippen molar-refractivity contribution in [3.05, 3.63) is 89.7 Å². The Morgan fingerprint density at radius 2 is 1.61 bits per heavy atom. The van der Waals surface area contributed by atoms with E-state index in [0.717, 1.165) is 28.2 Å². The normalized spacial score (nSPS) is 17.3. The maximum atomic E-state index is 14.4.